The number of hydrogen-bond donors (Lipinski definition) is 2. The second kappa shape index (κ2) is 2.93. The second-order valence-electron chi connectivity index (χ2n) is 2.70. The van der Waals surface area contributed by atoms with Crippen LogP contribution in [0.4, 0.5) is 5.88 Å². The van der Waals surface area contributed by atoms with Crippen molar-refractivity contribution in [3.8, 4) is 11.4 Å². The van der Waals surface area contributed by atoms with Gasteiger partial charge in [-0.3, -0.25) is 5.10 Å². The maximum Gasteiger partial charge on any atom is 0.225 e. The number of aromatic amines is 1. The summed E-state index contributed by atoms with van der Waals surface area (Å²) < 4.78 is 4.89. The van der Waals surface area contributed by atoms with Crippen molar-refractivity contribution < 1.29 is 4.52 Å². The molecule has 5 nitrogen and oxygen atoms in total. The molecular formula is C8H10N4O. The summed E-state index contributed by atoms with van der Waals surface area (Å²) in [5, 5.41) is 10.5. The number of nitrogens with one attached hydrogen (secondary N) is 1. The first-order valence-corrected chi connectivity index (χ1v) is 4.06. The lowest BCUT2D eigenvalue weighted by Crippen LogP contribution is -1.89. The van der Waals surface area contributed by atoms with E-state index in [9.17, 15) is 0 Å². The SMILES string of the molecule is CCc1c(-c2ccn[nH]2)noc1N. The number of nitrogen functional groups attached to an aromatic ring is 1. The summed E-state index contributed by atoms with van der Waals surface area (Å²) in [4.78, 5) is 0. The van der Waals surface area contributed by atoms with Crippen molar-refractivity contribution in [1.82, 2.24) is 15.4 Å². The molecule has 0 atom stereocenters. The van der Waals surface area contributed by atoms with Gasteiger partial charge >= 0.3 is 0 Å². The molecule has 2 aromatic heterocycles. The van der Waals surface area contributed by atoms with E-state index in [4.69, 9.17) is 10.3 Å². The van der Waals surface area contributed by atoms with Gasteiger partial charge in [-0.05, 0) is 12.5 Å². The van der Waals surface area contributed by atoms with Gasteiger partial charge in [-0.1, -0.05) is 12.1 Å². The lowest BCUT2D eigenvalue weighted by molar-refractivity contribution is 0.438. The molecule has 0 fully saturated rings. The molecule has 0 saturated carbocycles. The molecule has 0 bridgehead atoms. The molecule has 13 heavy (non-hydrogen) atoms. The number of nitrogens with zero attached hydrogens (tertiary/aromatic N) is 2. The minimum Gasteiger partial charge on any atom is -0.367 e. The van der Waals surface area contributed by atoms with E-state index in [2.05, 4.69) is 15.4 Å². The highest BCUT2D eigenvalue weighted by Gasteiger charge is 2.13. The molecule has 0 unspecified atom stereocenters. The van der Waals surface area contributed by atoms with Crippen LogP contribution >= 0.6 is 0 Å². The highest BCUT2D eigenvalue weighted by molar-refractivity contribution is 5.63. The maximum atomic E-state index is 5.59. The highest BCUT2D eigenvalue weighted by Crippen LogP contribution is 2.25. The molecule has 0 aliphatic heterocycles. The monoisotopic (exact) mass is 178 g/mol. The Morgan fingerprint density at radius 2 is 2.46 bits per heavy atom. The molecule has 0 aliphatic carbocycles. The number of aromatic nitrogens is 3. The Morgan fingerprint density at radius 3 is 3.08 bits per heavy atom. The first-order valence-electron chi connectivity index (χ1n) is 4.06. The molecular weight excluding hydrogens is 168 g/mol. The number of rotatable bonds is 2. The zero-order valence-corrected chi connectivity index (χ0v) is 7.24. The minimum atomic E-state index is 0.382. The summed E-state index contributed by atoms with van der Waals surface area (Å²) in [5.41, 5.74) is 8.09. The van der Waals surface area contributed by atoms with Crippen molar-refractivity contribution in [2.75, 3.05) is 5.73 Å². The van der Waals surface area contributed by atoms with Crippen molar-refractivity contribution in [3.63, 3.8) is 0 Å². The first kappa shape index (κ1) is 7.85. The van der Waals surface area contributed by atoms with Crippen LogP contribution in [0.25, 0.3) is 11.4 Å². The highest BCUT2D eigenvalue weighted by atomic mass is 16.5. The van der Waals surface area contributed by atoms with Crippen molar-refractivity contribution in [1.29, 1.82) is 0 Å². The Labute approximate surface area is 74.9 Å². The van der Waals surface area contributed by atoms with E-state index in [-0.39, 0.29) is 0 Å². The van der Waals surface area contributed by atoms with Crippen LogP contribution in [0.3, 0.4) is 0 Å². The summed E-state index contributed by atoms with van der Waals surface area (Å²) in [6.07, 6.45) is 2.46. The quantitative estimate of drug-likeness (QED) is 0.724. The summed E-state index contributed by atoms with van der Waals surface area (Å²) in [5.74, 6) is 0.382. The fraction of sp³-hybridized carbons (Fsp3) is 0.250. The lowest BCUT2D eigenvalue weighted by atomic mass is 10.1. The van der Waals surface area contributed by atoms with Gasteiger partial charge in [0.05, 0.1) is 5.69 Å². The van der Waals surface area contributed by atoms with Gasteiger partial charge in [-0.2, -0.15) is 5.10 Å². The molecule has 68 valence electrons. The third-order valence-corrected chi connectivity index (χ3v) is 1.93. The van der Waals surface area contributed by atoms with Gasteiger partial charge in [0.1, 0.15) is 5.69 Å². The third-order valence-electron chi connectivity index (χ3n) is 1.93. The van der Waals surface area contributed by atoms with Gasteiger partial charge in [-0.15, -0.1) is 0 Å². The van der Waals surface area contributed by atoms with Crippen LogP contribution in [0.15, 0.2) is 16.8 Å². The van der Waals surface area contributed by atoms with Crippen LogP contribution in [0.1, 0.15) is 12.5 Å². The summed E-state index contributed by atoms with van der Waals surface area (Å²) in [7, 11) is 0. The molecule has 0 saturated heterocycles. The van der Waals surface area contributed by atoms with Crippen molar-refractivity contribution >= 4 is 5.88 Å². The summed E-state index contributed by atoms with van der Waals surface area (Å²) >= 11 is 0. The van der Waals surface area contributed by atoms with E-state index in [1.54, 1.807) is 6.20 Å². The summed E-state index contributed by atoms with van der Waals surface area (Å²) in [6, 6.07) is 1.83. The second-order valence-corrected chi connectivity index (χ2v) is 2.70. The van der Waals surface area contributed by atoms with Crippen molar-refractivity contribution in [3.05, 3.63) is 17.8 Å². The Hall–Kier alpha value is -1.78. The molecule has 0 spiro atoms. The van der Waals surface area contributed by atoms with Crippen LogP contribution in [-0.2, 0) is 6.42 Å². The van der Waals surface area contributed by atoms with Gasteiger partial charge < -0.3 is 10.3 Å². The fourth-order valence-corrected chi connectivity index (χ4v) is 1.26. The van der Waals surface area contributed by atoms with E-state index in [1.165, 1.54) is 0 Å². The van der Waals surface area contributed by atoms with E-state index >= 15 is 0 Å². The standard InChI is InChI=1S/C8H10N4O/c1-2-5-7(12-13-8(5)9)6-3-4-10-11-6/h3-4H,2,9H2,1H3,(H,10,11). The van der Waals surface area contributed by atoms with Crippen molar-refractivity contribution in [2.24, 2.45) is 0 Å². The smallest absolute Gasteiger partial charge is 0.225 e. The lowest BCUT2D eigenvalue weighted by Gasteiger charge is -1.93. The van der Waals surface area contributed by atoms with Crippen LogP contribution < -0.4 is 5.73 Å². The largest absolute Gasteiger partial charge is 0.367 e. The van der Waals surface area contributed by atoms with Gasteiger partial charge in [-0.25, -0.2) is 0 Å². The fourth-order valence-electron chi connectivity index (χ4n) is 1.26. The van der Waals surface area contributed by atoms with E-state index in [0.29, 0.717) is 5.88 Å². The molecule has 2 aromatic rings. The van der Waals surface area contributed by atoms with Gasteiger partial charge in [0.2, 0.25) is 5.88 Å². The van der Waals surface area contributed by atoms with E-state index in [1.807, 2.05) is 13.0 Å². The van der Waals surface area contributed by atoms with Gasteiger partial charge in [0.25, 0.3) is 0 Å². The Balaban J connectivity index is 2.52. The van der Waals surface area contributed by atoms with Crippen LogP contribution in [0.2, 0.25) is 0 Å². The Morgan fingerprint density at radius 1 is 1.62 bits per heavy atom. The van der Waals surface area contributed by atoms with Crippen LogP contribution in [-0.4, -0.2) is 15.4 Å². The number of hydrogen-bond acceptors (Lipinski definition) is 4. The topological polar surface area (TPSA) is 80.7 Å². The van der Waals surface area contributed by atoms with Gasteiger partial charge in [0.15, 0.2) is 0 Å². The molecule has 2 rings (SSSR count). The molecule has 0 aromatic carbocycles. The number of H-pyrrole nitrogens is 1. The predicted molar refractivity (Wildman–Crippen MR) is 47.9 cm³/mol. The predicted octanol–water partition coefficient (Wildman–Crippen LogP) is 1.21. The molecule has 5 heteroatoms. The minimum absolute atomic E-state index is 0.382. The Bertz CT molecular complexity index is 390. The molecule has 0 aliphatic rings. The molecule has 0 amide bonds. The average Bonchev–Trinajstić information content (AvgIpc) is 2.71. The third kappa shape index (κ3) is 1.18. The average molecular weight is 178 g/mol. The zero-order chi connectivity index (χ0) is 9.26. The molecule has 2 heterocycles. The van der Waals surface area contributed by atoms with Crippen molar-refractivity contribution in [2.45, 2.75) is 13.3 Å². The van der Waals surface area contributed by atoms with Crippen LogP contribution in [0, 0.1) is 0 Å². The summed E-state index contributed by atoms with van der Waals surface area (Å²) in [6.45, 7) is 2.00. The first-order chi connectivity index (χ1) is 6.33. The zero-order valence-electron chi connectivity index (χ0n) is 7.24. The van der Waals surface area contributed by atoms with Gasteiger partial charge in [0, 0.05) is 11.8 Å². The number of nitrogens with two attached hydrogens (primary N) is 1. The molecule has 0 radical (unpaired) electrons. The maximum absolute atomic E-state index is 5.59. The Kier molecular flexibility index (Phi) is 1.77. The molecule has 3 N–H and O–H groups in total. The van der Waals surface area contributed by atoms with Crippen LogP contribution in [0.5, 0.6) is 0 Å². The number of anilines is 1. The van der Waals surface area contributed by atoms with E-state index in [0.717, 1.165) is 23.4 Å². The normalized spacial score (nSPS) is 10.5. The van der Waals surface area contributed by atoms with E-state index < -0.39 is 0 Å².